The normalized spacial score (nSPS) is 16.9. The van der Waals surface area contributed by atoms with Crippen molar-refractivity contribution in [1.82, 2.24) is 9.88 Å². The summed E-state index contributed by atoms with van der Waals surface area (Å²) >= 11 is 2.07. The molecule has 0 spiro atoms. The quantitative estimate of drug-likeness (QED) is 0.888. The molecule has 0 bridgehead atoms. The summed E-state index contributed by atoms with van der Waals surface area (Å²) in [7, 11) is 1.92. The molecule has 17 heavy (non-hydrogen) atoms. The minimum atomic E-state index is 0.732. The lowest BCUT2D eigenvalue weighted by molar-refractivity contribution is 0.447. The van der Waals surface area contributed by atoms with Gasteiger partial charge in [-0.3, -0.25) is 0 Å². The fourth-order valence-electron chi connectivity index (χ4n) is 2.21. The maximum atomic E-state index is 8.87. The molecule has 1 saturated heterocycles. The van der Waals surface area contributed by atoms with Gasteiger partial charge in [0, 0.05) is 19.8 Å². The van der Waals surface area contributed by atoms with E-state index in [1.807, 2.05) is 23.9 Å². The number of nitrogens with one attached hydrogen (secondary N) is 1. The van der Waals surface area contributed by atoms with E-state index in [-0.39, 0.29) is 0 Å². The van der Waals surface area contributed by atoms with Crippen molar-refractivity contribution >= 4 is 11.8 Å². The van der Waals surface area contributed by atoms with Crippen LogP contribution in [0.25, 0.3) is 0 Å². The SMILES string of the molecule is Cn1cc(CNCC2CCSCC2)cc1C#N. The summed E-state index contributed by atoms with van der Waals surface area (Å²) in [4.78, 5) is 0. The number of hydrogen-bond acceptors (Lipinski definition) is 3. The molecule has 1 fully saturated rings. The lowest BCUT2D eigenvalue weighted by Crippen LogP contribution is -2.25. The van der Waals surface area contributed by atoms with Crippen molar-refractivity contribution in [2.24, 2.45) is 13.0 Å². The van der Waals surface area contributed by atoms with E-state index in [2.05, 4.69) is 23.1 Å². The van der Waals surface area contributed by atoms with Crippen LogP contribution in [-0.4, -0.2) is 22.6 Å². The lowest BCUT2D eigenvalue weighted by atomic mass is 10.0. The smallest absolute Gasteiger partial charge is 0.120 e. The van der Waals surface area contributed by atoms with E-state index in [0.717, 1.165) is 24.7 Å². The second-order valence-corrected chi connectivity index (χ2v) is 5.87. The Morgan fingerprint density at radius 3 is 2.94 bits per heavy atom. The number of nitriles is 1. The Morgan fingerprint density at radius 1 is 1.53 bits per heavy atom. The molecule has 3 nitrogen and oxygen atoms in total. The Labute approximate surface area is 107 Å². The van der Waals surface area contributed by atoms with E-state index in [4.69, 9.17) is 5.26 Å². The fraction of sp³-hybridized carbons (Fsp3) is 0.615. The molecule has 1 aliphatic rings. The summed E-state index contributed by atoms with van der Waals surface area (Å²) in [5, 5.41) is 12.4. The fourth-order valence-corrected chi connectivity index (χ4v) is 3.42. The second kappa shape index (κ2) is 6.13. The zero-order valence-corrected chi connectivity index (χ0v) is 11.1. The number of hydrogen-bond donors (Lipinski definition) is 1. The van der Waals surface area contributed by atoms with Gasteiger partial charge in [0.1, 0.15) is 11.8 Å². The monoisotopic (exact) mass is 249 g/mol. The average Bonchev–Trinajstić information content (AvgIpc) is 2.71. The average molecular weight is 249 g/mol. The number of aryl methyl sites for hydroxylation is 1. The van der Waals surface area contributed by atoms with Gasteiger partial charge in [0.2, 0.25) is 0 Å². The van der Waals surface area contributed by atoms with Crippen LogP contribution in [-0.2, 0) is 13.6 Å². The zero-order valence-electron chi connectivity index (χ0n) is 10.3. The largest absolute Gasteiger partial charge is 0.342 e. The van der Waals surface area contributed by atoms with E-state index >= 15 is 0 Å². The molecule has 2 rings (SSSR count). The maximum Gasteiger partial charge on any atom is 0.120 e. The Morgan fingerprint density at radius 2 is 2.29 bits per heavy atom. The van der Waals surface area contributed by atoms with Gasteiger partial charge in [-0.1, -0.05) is 0 Å². The summed E-state index contributed by atoms with van der Waals surface area (Å²) in [6, 6.07) is 4.15. The molecule has 0 amide bonds. The molecule has 0 aliphatic carbocycles. The first kappa shape index (κ1) is 12.5. The maximum absolute atomic E-state index is 8.87. The number of nitrogens with zero attached hydrogens (tertiary/aromatic N) is 2. The molecule has 0 saturated carbocycles. The molecule has 1 aliphatic heterocycles. The standard InChI is InChI=1S/C13H19N3S/c1-16-10-12(6-13(16)7-14)9-15-8-11-2-4-17-5-3-11/h6,10-11,15H,2-5,8-9H2,1H3. The minimum Gasteiger partial charge on any atom is -0.342 e. The minimum absolute atomic E-state index is 0.732. The van der Waals surface area contributed by atoms with Crippen LogP contribution in [0.1, 0.15) is 24.1 Å². The first-order valence-electron chi connectivity index (χ1n) is 6.13. The van der Waals surface area contributed by atoms with Crippen molar-refractivity contribution < 1.29 is 0 Å². The third-order valence-electron chi connectivity index (χ3n) is 3.28. The first-order chi connectivity index (χ1) is 8.29. The highest BCUT2D eigenvalue weighted by Gasteiger charge is 2.13. The van der Waals surface area contributed by atoms with Crippen LogP contribution in [0.4, 0.5) is 0 Å². The van der Waals surface area contributed by atoms with E-state index < -0.39 is 0 Å². The van der Waals surface area contributed by atoms with Crippen LogP contribution in [0, 0.1) is 17.2 Å². The highest BCUT2D eigenvalue weighted by Crippen LogP contribution is 2.21. The van der Waals surface area contributed by atoms with Crippen molar-refractivity contribution in [3.8, 4) is 6.07 Å². The molecule has 1 aromatic rings. The Bertz CT molecular complexity index is 399. The molecule has 92 valence electrons. The molecule has 1 N–H and O–H groups in total. The van der Waals surface area contributed by atoms with Crippen LogP contribution >= 0.6 is 11.8 Å². The highest BCUT2D eigenvalue weighted by atomic mass is 32.2. The van der Waals surface area contributed by atoms with Gasteiger partial charge in [0.15, 0.2) is 0 Å². The number of thioether (sulfide) groups is 1. The van der Waals surface area contributed by atoms with Gasteiger partial charge >= 0.3 is 0 Å². The molecular formula is C13H19N3S. The Kier molecular flexibility index (Phi) is 4.52. The van der Waals surface area contributed by atoms with Crippen molar-refractivity contribution in [1.29, 1.82) is 5.26 Å². The summed E-state index contributed by atoms with van der Waals surface area (Å²) in [5.74, 6) is 3.47. The second-order valence-electron chi connectivity index (χ2n) is 4.64. The van der Waals surface area contributed by atoms with Crippen LogP contribution in [0.2, 0.25) is 0 Å². The molecule has 4 heteroatoms. The molecule has 0 aromatic carbocycles. The number of rotatable bonds is 4. The molecule has 1 aromatic heterocycles. The van der Waals surface area contributed by atoms with Crippen LogP contribution < -0.4 is 5.32 Å². The van der Waals surface area contributed by atoms with Gasteiger partial charge < -0.3 is 9.88 Å². The Balaban J connectivity index is 1.75. The van der Waals surface area contributed by atoms with Gasteiger partial charge in [0.05, 0.1) is 0 Å². The van der Waals surface area contributed by atoms with Gasteiger partial charge in [-0.2, -0.15) is 17.0 Å². The summed E-state index contributed by atoms with van der Waals surface area (Å²) in [5.41, 5.74) is 1.94. The van der Waals surface area contributed by atoms with Crippen LogP contribution in [0.15, 0.2) is 12.3 Å². The van der Waals surface area contributed by atoms with Crippen molar-refractivity contribution in [3.63, 3.8) is 0 Å². The molecule has 0 atom stereocenters. The van der Waals surface area contributed by atoms with E-state index in [1.165, 1.54) is 29.9 Å². The molecule has 2 heterocycles. The van der Waals surface area contributed by atoms with Gasteiger partial charge in [0.25, 0.3) is 0 Å². The van der Waals surface area contributed by atoms with Crippen molar-refractivity contribution in [2.75, 3.05) is 18.1 Å². The summed E-state index contributed by atoms with van der Waals surface area (Å²) < 4.78 is 1.88. The Hall–Kier alpha value is -0.920. The zero-order chi connectivity index (χ0) is 12.1. The highest BCUT2D eigenvalue weighted by molar-refractivity contribution is 7.99. The number of aromatic nitrogens is 1. The van der Waals surface area contributed by atoms with Crippen LogP contribution in [0.5, 0.6) is 0 Å². The first-order valence-corrected chi connectivity index (χ1v) is 7.29. The van der Waals surface area contributed by atoms with E-state index in [9.17, 15) is 0 Å². The van der Waals surface area contributed by atoms with Gasteiger partial charge in [-0.25, -0.2) is 0 Å². The van der Waals surface area contributed by atoms with Gasteiger partial charge in [-0.05, 0) is 48.4 Å². The topological polar surface area (TPSA) is 40.8 Å². The van der Waals surface area contributed by atoms with E-state index in [0.29, 0.717) is 0 Å². The van der Waals surface area contributed by atoms with Crippen molar-refractivity contribution in [3.05, 3.63) is 23.5 Å². The third-order valence-corrected chi connectivity index (χ3v) is 4.33. The van der Waals surface area contributed by atoms with Gasteiger partial charge in [-0.15, -0.1) is 0 Å². The molecule has 0 unspecified atom stereocenters. The summed E-state index contributed by atoms with van der Waals surface area (Å²) in [6.45, 7) is 1.98. The predicted molar refractivity (Wildman–Crippen MR) is 71.9 cm³/mol. The van der Waals surface area contributed by atoms with E-state index in [1.54, 1.807) is 0 Å². The summed E-state index contributed by atoms with van der Waals surface area (Å²) in [6.07, 6.45) is 4.72. The predicted octanol–water partition coefficient (Wildman–Crippen LogP) is 2.13. The van der Waals surface area contributed by atoms with Crippen molar-refractivity contribution in [2.45, 2.75) is 19.4 Å². The van der Waals surface area contributed by atoms with Crippen LogP contribution in [0.3, 0.4) is 0 Å². The molecule has 0 radical (unpaired) electrons. The third kappa shape index (κ3) is 3.52. The molecular weight excluding hydrogens is 230 g/mol. The lowest BCUT2D eigenvalue weighted by Gasteiger charge is -2.21.